The Bertz CT molecular complexity index is 802. The molecule has 1 aromatic carbocycles. The zero-order chi connectivity index (χ0) is 18.4. The predicted octanol–water partition coefficient (Wildman–Crippen LogP) is 2.13. The summed E-state index contributed by atoms with van der Waals surface area (Å²) in [6.45, 7) is 4.30. The Kier molecular flexibility index (Phi) is 5.57. The van der Waals surface area contributed by atoms with E-state index in [0.717, 1.165) is 24.9 Å². The maximum atomic E-state index is 10.9. The molecule has 9 nitrogen and oxygen atoms in total. The van der Waals surface area contributed by atoms with E-state index in [2.05, 4.69) is 15.6 Å². The summed E-state index contributed by atoms with van der Waals surface area (Å²) in [5, 5.41) is 17.0. The molecule has 0 atom stereocenters. The van der Waals surface area contributed by atoms with Gasteiger partial charge >= 0.3 is 0 Å². The average molecular weight is 359 g/mol. The van der Waals surface area contributed by atoms with Gasteiger partial charge in [0, 0.05) is 31.0 Å². The molecule has 0 radical (unpaired) electrons. The van der Waals surface area contributed by atoms with E-state index in [4.69, 9.17) is 9.47 Å². The molecule has 9 heteroatoms. The van der Waals surface area contributed by atoms with Crippen LogP contribution in [0.15, 0.2) is 42.7 Å². The summed E-state index contributed by atoms with van der Waals surface area (Å²) >= 11 is 0. The summed E-state index contributed by atoms with van der Waals surface area (Å²) < 4.78 is 13.0. The van der Waals surface area contributed by atoms with Gasteiger partial charge in [-0.15, -0.1) is 0 Å². The Labute approximate surface area is 150 Å². The van der Waals surface area contributed by atoms with Crippen molar-refractivity contribution in [3.8, 4) is 11.5 Å². The lowest BCUT2D eigenvalue weighted by Gasteiger charge is -2.19. The molecule has 2 N–H and O–H groups in total. The molecular formula is C17H21N5O4. The SMILES string of the molecule is Cc1cn(CCCN/C(=C\[N+](=O)[O-])Nc2ccc3c(c2)OCCO3)cn1. The van der Waals surface area contributed by atoms with Crippen molar-refractivity contribution in [2.24, 2.45) is 0 Å². The van der Waals surface area contributed by atoms with Crippen LogP contribution in [0.3, 0.4) is 0 Å². The van der Waals surface area contributed by atoms with Gasteiger partial charge in [0.2, 0.25) is 0 Å². The number of benzene rings is 1. The molecule has 1 aliphatic heterocycles. The van der Waals surface area contributed by atoms with E-state index in [1.54, 1.807) is 24.5 Å². The number of aryl methyl sites for hydroxylation is 2. The smallest absolute Gasteiger partial charge is 0.274 e. The fourth-order valence-electron chi connectivity index (χ4n) is 2.58. The van der Waals surface area contributed by atoms with Crippen LogP contribution in [0.1, 0.15) is 12.1 Å². The molecule has 3 rings (SSSR count). The molecule has 1 aromatic heterocycles. The van der Waals surface area contributed by atoms with E-state index >= 15 is 0 Å². The predicted molar refractivity (Wildman–Crippen MR) is 95.7 cm³/mol. The first-order valence-electron chi connectivity index (χ1n) is 8.34. The molecule has 0 amide bonds. The number of nitrogens with one attached hydrogen (secondary N) is 2. The fraction of sp³-hybridized carbons (Fsp3) is 0.353. The number of imidazole rings is 1. The molecule has 0 spiro atoms. The van der Waals surface area contributed by atoms with Crippen LogP contribution < -0.4 is 20.1 Å². The topological polar surface area (TPSA) is 103 Å². The number of rotatable bonds is 8. The molecule has 0 saturated heterocycles. The Morgan fingerprint density at radius 2 is 2.19 bits per heavy atom. The molecular weight excluding hydrogens is 338 g/mol. The van der Waals surface area contributed by atoms with Crippen LogP contribution in [-0.2, 0) is 6.54 Å². The first-order chi connectivity index (χ1) is 12.6. The molecule has 0 aliphatic carbocycles. The van der Waals surface area contributed by atoms with Crippen molar-refractivity contribution < 1.29 is 14.4 Å². The Morgan fingerprint density at radius 3 is 2.92 bits per heavy atom. The minimum Gasteiger partial charge on any atom is -0.486 e. The summed E-state index contributed by atoms with van der Waals surface area (Å²) in [4.78, 5) is 14.6. The van der Waals surface area contributed by atoms with Crippen LogP contribution in [-0.4, -0.2) is 34.2 Å². The molecule has 0 saturated carbocycles. The average Bonchev–Trinajstić information content (AvgIpc) is 3.03. The van der Waals surface area contributed by atoms with Gasteiger partial charge < -0.3 is 24.7 Å². The summed E-state index contributed by atoms with van der Waals surface area (Å²) in [5.41, 5.74) is 1.65. The monoisotopic (exact) mass is 359 g/mol. The third-order valence-corrected chi connectivity index (χ3v) is 3.73. The van der Waals surface area contributed by atoms with Gasteiger partial charge in [0.1, 0.15) is 13.2 Å². The highest BCUT2D eigenvalue weighted by molar-refractivity contribution is 5.57. The zero-order valence-electron chi connectivity index (χ0n) is 14.5. The highest BCUT2D eigenvalue weighted by atomic mass is 16.6. The molecule has 0 unspecified atom stereocenters. The van der Waals surface area contributed by atoms with Crippen LogP contribution in [0, 0.1) is 17.0 Å². The summed E-state index contributed by atoms with van der Waals surface area (Å²) in [6.07, 6.45) is 5.45. The fourth-order valence-corrected chi connectivity index (χ4v) is 2.58. The summed E-state index contributed by atoms with van der Waals surface area (Å²) in [7, 11) is 0. The van der Waals surface area contributed by atoms with Crippen molar-refractivity contribution >= 4 is 5.69 Å². The molecule has 138 valence electrons. The van der Waals surface area contributed by atoms with Crippen LogP contribution in [0.5, 0.6) is 11.5 Å². The second-order valence-electron chi connectivity index (χ2n) is 5.84. The van der Waals surface area contributed by atoms with Gasteiger partial charge in [-0.2, -0.15) is 0 Å². The molecule has 0 fully saturated rings. The number of hydrogen-bond donors (Lipinski definition) is 2. The van der Waals surface area contributed by atoms with E-state index in [1.165, 1.54) is 0 Å². The van der Waals surface area contributed by atoms with E-state index in [0.29, 0.717) is 42.8 Å². The van der Waals surface area contributed by atoms with Crippen molar-refractivity contribution in [3.63, 3.8) is 0 Å². The second-order valence-corrected chi connectivity index (χ2v) is 5.84. The minimum atomic E-state index is -0.493. The van der Waals surface area contributed by atoms with Gasteiger partial charge in [-0.25, -0.2) is 4.98 Å². The van der Waals surface area contributed by atoms with E-state index in [1.807, 2.05) is 17.7 Å². The molecule has 2 heterocycles. The number of nitrogens with zero attached hydrogens (tertiary/aromatic N) is 3. The second kappa shape index (κ2) is 8.24. The van der Waals surface area contributed by atoms with Crippen molar-refractivity contribution in [1.29, 1.82) is 0 Å². The normalized spacial score (nSPS) is 13.3. The molecule has 1 aliphatic rings. The van der Waals surface area contributed by atoms with Gasteiger partial charge in [0.15, 0.2) is 17.3 Å². The largest absolute Gasteiger partial charge is 0.486 e. The van der Waals surface area contributed by atoms with E-state index in [-0.39, 0.29) is 0 Å². The van der Waals surface area contributed by atoms with Crippen LogP contribution in [0.25, 0.3) is 0 Å². The lowest BCUT2D eigenvalue weighted by Crippen LogP contribution is -2.23. The lowest BCUT2D eigenvalue weighted by atomic mass is 10.2. The Balaban J connectivity index is 1.56. The molecule has 0 bridgehead atoms. The van der Waals surface area contributed by atoms with Gasteiger partial charge in [0.05, 0.1) is 16.9 Å². The maximum absolute atomic E-state index is 10.9. The molecule has 2 aromatic rings. The number of ether oxygens (including phenoxy) is 2. The number of fused-ring (bicyclic) bond motifs is 1. The van der Waals surface area contributed by atoms with Crippen molar-refractivity contribution in [1.82, 2.24) is 14.9 Å². The van der Waals surface area contributed by atoms with Gasteiger partial charge in [-0.1, -0.05) is 0 Å². The number of anilines is 1. The third-order valence-electron chi connectivity index (χ3n) is 3.73. The van der Waals surface area contributed by atoms with Crippen LogP contribution >= 0.6 is 0 Å². The van der Waals surface area contributed by atoms with Gasteiger partial charge in [-0.3, -0.25) is 10.1 Å². The van der Waals surface area contributed by atoms with E-state index < -0.39 is 4.92 Å². The van der Waals surface area contributed by atoms with Crippen molar-refractivity contribution in [2.75, 3.05) is 25.1 Å². The van der Waals surface area contributed by atoms with Crippen LogP contribution in [0.2, 0.25) is 0 Å². The first kappa shape index (κ1) is 17.6. The highest BCUT2D eigenvalue weighted by Gasteiger charge is 2.12. The van der Waals surface area contributed by atoms with Crippen molar-refractivity contribution in [2.45, 2.75) is 19.9 Å². The highest BCUT2D eigenvalue weighted by Crippen LogP contribution is 2.32. The maximum Gasteiger partial charge on any atom is 0.274 e. The van der Waals surface area contributed by atoms with E-state index in [9.17, 15) is 10.1 Å². The minimum absolute atomic E-state index is 0.313. The van der Waals surface area contributed by atoms with Crippen LogP contribution in [0.4, 0.5) is 5.69 Å². The lowest BCUT2D eigenvalue weighted by molar-refractivity contribution is -0.403. The number of nitro groups is 1. The number of hydrogen-bond acceptors (Lipinski definition) is 7. The van der Waals surface area contributed by atoms with Gasteiger partial charge in [0.25, 0.3) is 6.20 Å². The van der Waals surface area contributed by atoms with Crippen molar-refractivity contribution in [3.05, 3.63) is 58.6 Å². The standard InChI is InChI=1S/C17H21N5O4/c1-13-10-21(12-19-13)6-2-5-18-17(11-22(23)24)20-14-3-4-15-16(9-14)26-8-7-25-15/h3-4,9-12,18,20H,2,5-8H2,1H3/b17-11+. The zero-order valence-corrected chi connectivity index (χ0v) is 14.5. The Hall–Kier alpha value is -3.23. The first-order valence-corrected chi connectivity index (χ1v) is 8.34. The number of aromatic nitrogens is 2. The van der Waals surface area contributed by atoms with Gasteiger partial charge in [-0.05, 0) is 25.5 Å². The molecule has 26 heavy (non-hydrogen) atoms. The Morgan fingerprint density at radius 1 is 1.38 bits per heavy atom. The summed E-state index contributed by atoms with van der Waals surface area (Å²) in [6, 6.07) is 5.33. The third kappa shape index (κ3) is 4.88. The summed E-state index contributed by atoms with van der Waals surface area (Å²) in [5.74, 6) is 1.61. The quantitative estimate of drug-likeness (QED) is 0.423.